The first kappa shape index (κ1) is 50.0. The van der Waals surface area contributed by atoms with Gasteiger partial charge in [0.15, 0.2) is 0 Å². The van der Waals surface area contributed by atoms with E-state index in [-0.39, 0.29) is 16.2 Å². The number of fused-ring (bicyclic) bond motifs is 11. The number of anilines is 6. The minimum atomic E-state index is -0.224. The van der Waals surface area contributed by atoms with Crippen molar-refractivity contribution in [1.82, 2.24) is 19.9 Å². The van der Waals surface area contributed by atoms with E-state index in [1.54, 1.807) is 0 Å². The third-order valence-electron chi connectivity index (χ3n) is 18.0. The van der Waals surface area contributed by atoms with Gasteiger partial charge in [0.05, 0.1) is 34.8 Å². The van der Waals surface area contributed by atoms with E-state index in [1.165, 1.54) is 89.0 Å². The van der Waals surface area contributed by atoms with Gasteiger partial charge < -0.3 is 0 Å². The van der Waals surface area contributed by atoms with Gasteiger partial charge >= 0.3 is 0 Å². The van der Waals surface area contributed by atoms with Crippen molar-refractivity contribution in [1.29, 1.82) is 0 Å². The average molecular weight is 1070 g/mol. The van der Waals surface area contributed by atoms with E-state index in [4.69, 9.17) is 9.97 Å². The Morgan fingerprint density at radius 3 is 0.964 bits per heavy atom. The number of rotatable bonds is 10. The molecule has 398 valence electrons. The second-order valence-electron chi connectivity index (χ2n) is 24.0. The summed E-state index contributed by atoms with van der Waals surface area (Å²) in [6, 6.07) is 74.9. The predicted molar refractivity (Wildman–Crippen MR) is 345 cm³/mol. The van der Waals surface area contributed by atoms with E-state index in [0.29, 0.717) is 0 Å². The average Bonchev–Trinajstić information content (AvgIpc) is 4.02. The summed E-state index contributed by atoms with van der Waals surface area (Å²) in [5.74, 6) is 1.71. The normalized spacial score (nSPS) is 14.6. The maximum Gasteiger partial charge on any atom is 0.138 e. The van der Waals surface area contributed by atoms with Crippen LogP contribution >= 0.6 is 0 Å². The second kappa shape index (κ2) is 19.0. The summed E-state index contributed by atoms with van der Waals surface area (Å²) in [4.78, 5) is 23.7. The van der Waals surface area contributed by atoms with Gasteiger partial charge in [-0.2, -0.15) is 0 Å². The minimum Gasteiger partial charge on any atom is -0.293 e. The van der Waals surface area contributed by atoms with E-state index < -0.39 is 0 Å². The van der Waals surface area contributed by atoms with Crippen molar-refractivity contribution in [3.05, 3.63) is 287 Å². The molecule has 0 saturated carbocycles. The molecule has 0 unspecified atom stereocenters. The van der Waals surface area contributed by atoms with Crippen LogP contribution in [0, 0.1) is 0 Å². The Bertz CT molecular complexity index is 4370. The summed E-state index contributed by atoms with van der Waals surface area (Å²) < 4.78 is 0. The first-order chi connectivity index (χ1) is 40.4. The maximum atomic E-state index is 5.13. The van der Waals surface area contributed by atoms with Gasteiger partial charge in [0.25, 0.3) is 0 Å². The molecule has 6 heteroatoms. The molecule has 4 aromatic heterocycles. The molecule has 12 aromatic rings. The molecule has 0 aliphatic heterocycles. The summed E-state index contributed by atoms with van der Waals surface area (Å²) in [7, 11) is 0. The van der Waals surface area contributed by atoms with Crippen LogP contribution in [0.2, 0.25) is 0 Å². The van der Waals surface area contributed by atoms with Crippen molar-refractivity contribution in [3.8, 4) is 33.4 Å². The van der Waals surface area contributed by atoms with Gasteiger partial charge in [-0.3, -0.25) is 19.8 Å². The van der Waals surface area contributed by atoms with Crippen molar-refractivity contribution in [2.75, 3.05) is 9.80 Å². The van der Waals surface area contributed by atoms with Crippen LogP contribution in [-0.2, 0) is 16.2 Å². The molecular formula is C77H60N6. The van der Waals surface area contributed by atoms with E-state index in [2.05, 4.69) is 268 Å². The highest BCUT2D eigenvalue weighted by Gasteiger charge is 2.39. The fourth-order valence-electron chi connectivity index (χ4n) is 13.5. The largest absolute Gasteiger partial charge is 0.293 e. The molecule has 0 amide bonds. The predicted octanol–water partition coefficient (Wildman–Crippen LogP) is 19.8. The smallest absolute Gasteiger partial charge is 0.138 e. The summed E-state index contributed by atoms with van der Waals surface area (Å²) in [5, 5.41) is 2.23. The van der Waals surface area contributed by atoms with E-state index in [0.717, 1.165) is 56.2 Å². The number of para-hydroxylation sites is 2. The molecule has 15 rings (SSSR count). The topological polar surface area (TPSA) is 58.0 Å². The van der Waals surface area contributed by atoms with Gasteiger partial charge in [-0.25, -0.2) is 9.97 Å². The Morgan fingerprint density at radius 2 is 0.627 bits per heavy atom. The lowest BCUT2D eigenvalue weighted by atomic mass is 9.81. The molecule has 3 aliphatic carbocycles. The van der Waals surface area contributed by atoms with Crippen LogP contribution < -0.4 is 9.80 Å². The summed E-state index contributed by atoms with van der Waals surface area (Å²) in [5.41, 5.74) is 25.8. The summed E-state index contributed by atoms with van der Waals surface area (Å²) in [6.07, 6.45) is 16.6. The molecule has 0 radical (unpaired) electrons. The molecule has 0 N–H and O–H groups in total. The van der Waals surface area contributed by atoms with Crippen molar-refractivity contribution in [2.24, 2.45) is 0 Å². The highest BCUT2D eigenvalue weighted by atomic mass is 15.2. The van der Waals surface area contributed by atoms with Gasteiger partial charge in [0, 0.05) is 50.8 Å². The first-order valence-electron chi connectivity index (χ1n) is 28.7. The number of hydrogen-bond acceptors (Lipinski definition) is 6. The molecule has 83 heavy (non-hydrogen) atoms. The van der Waals surface area contributed by atoms with Crippen LogP contribution in [0.5, 0.6) is 0 Å². The molecule has 8 aromatic carbocycles. The van der Waals surface area contributed by atoms with E-state index in [1.807, 2.05) is 49.1 Å². The van der Waals surface area contributed by atoms with Gasteiger partial charge in [-0.15, -0.1) is 0 Å². The van der Waals surface area contributed by atoms with Crippen LogP contribution in [0.25, 0.3) is 79.5 Å². The molecule has 4 heterocycles. The number of hydrogen-bond donors (Lipinski definition) is 0. The number of aromatic nitrogens is 4. The van der Waals surface area contributed by atoms with Crippen molar-refractivity contribution < 1.29 is 0 Å². The van der Waals surface area contributed by atoms with Crippen LogP contribution in [0.3, 0.4) is 0 Å². The van der Waals surface area contributed by atoms with Crippen LogP contribution in [0.1, 0.15) is 97.2 Å². The highest BCUT2D eigenvalue weighted by Crippen LogP contribution is 2.54. The zero-order valence-electron chi connectivity index (χ0n) is 47.4. The molecule has 3 aliphatic rings. The Hall–Kier alpha value is -10.0. The highest BCUT2D eigenvalue weighted by molar-refractivity contribution is 5.91. The number of pyridine rings is 4. The van der Waals surface area contributed by atoms with E-state index in [9.17, 15) is 0 Å². The third-order valence-corrected chi connectivity index (χ3v) is 18.0. The molecule has 0 bridgehead atoms. The molecule has 0 spiro atoms. The number of benzene rings is 8. The lowest BCUT2D eigenvalue weighted by Crippen LogP contribution is -2.17. The molecule has 0 atom stereocenters. The SMILES string of the molecule is CC1(C)c2cc(C=Cc3ccc4c(c3)C(C)(C)c3cc(N(c5cccnc5)c5ccc6ccccc6n5)ccc3-4)ccc2-c2ccc(C=Cc3ccc4c(c3)C(C)(C)c3cc(N(c5cccnc5)c5ccc6ccccc6n5)ccc3-4)cc21. The minimum absolute atomic E-state index is 0.170. The monoisotopic (exact) mass is 1070 g/mol. The Morgan fingerprint density at radius 1 is 0.301 bits per heavy atom. The Kier molecular flexibility index (Phi) is 11.5. The lowest BCUT2D eigenvalue weighted by molar-refractivity contribution is 0.660. The van der Waals surface area contributed by atoms with Crippen LogP contribution in [0.4, 0.5) is 34.4 Å². The molecule has 0 fully saturated rings. The molecule has 0 saturated heterocycles. The van der Waals surface area contributed by atoms with Crippen LogP contribution in [0.15, 0.2) is 231 Å². The van der Waals surface area contributed by atoms with Crippen molar-refractivity contribution >= 4 is 80.5 Å². The molecule has 6 nitrogen and oxygen atoms in total. The fraction of sp³-hybridized carbons (Fsp3) is 0.117. The van der Waals surface area contributed by atoms with Crippen LogP contribution in [-0.4, -0.2) is 19.9 Å². The van der Waals surface area contributed by atoms with Gasteiger partial charge in [0.2, 0.25) is 0 Å². The van der Waals surface area contributed by atoms with Gasteiger partial charge in [0.1, 0.15) is 11.6 Å². The second-order valence-corrected chi connectivity index (χ2v) is 24.0. The zero-order valence-corrected chi connectivity index (χ0v) is 47.4. The lowest BCUT2D eigenvalue weighted by Gasteiger charge is -2.27. The summed E-state index contributed by atoms with van der Waals surface area (Å²) >= 11 is 0. The van der Waals surface area contributed by atoms with E-state index >= 15 is 0 Å². The Balaban J connectivity index is 0.665. The van der Waals surface area contributed by atoms with Gasteiger partial charge in [-0.05, 0) is 174 Å². The Labute approximate surface area is 485 Å². The summed E-state index contributed by atoms with van der Waals surface area (Å²) in [6.45, 7) is 14.2. The van der Waals surface area contributed by atoms with Crippen molar-refractivity contribution in [2.45, 2.75) is 57.8 Å². The zero-order chi connectivity index (χ0) is 56.2. The van der Waals surface area contributed by atoms with Gasteiger partial charge in [-0.1, -0.05) is 187 Å². The number of nitrogens with zero attached hydrogens (tertiary/aromatic N) is 6. The maximum absolute atomic E-state index is 5.13. The fourth-order valence-corrected chi connectivity index (χ4v) is 13.5. The first-order valence-corrected chi connectivity index (χ1v) is 28.7. The van der Waals surface area contributed by atoms with Crippen molar-refractivity contribution in [3.63, 3.8) is 0 Å². The molecular weight excluding hydrogens is 1010 g/mol. The standard InChI is InChI=1S/C77H60N6/c1-75(2)65-41-49(19-21-51-25-33-61-63-35-29-55(45-69(63)76(3,4)67(61)43-51)82(57-15-11-39-78-47-57)73-37-27-53-13-7-9-17-71(53)80-73)23-31-59(65)60-32-24-50(42-66(60)75)20-22-52-26-34-62-64-36-30-56(46-70(64)77(5,6)68(62)44-52)83(58-16-12-40-79-48-58)74-38-28-54-14-8-10-18-72(54)81-74/h7-48H,1-6H3. The third kappa shape index (κ3) is 8.30. The quantitative estimate of drug-likeness (QED) is 0.127.